The summed E-state index contributed by atoms with van der Waals surface area (Å²) in [5, 5.41) is 21.3. The maximum absolute atomic E-state index is 13.0. The monoisotopic (exact) mass is 382 g/mol. The van der Waals surface area contributed by atoms with Gasteiger partial charge in [-0.15, -0.1) is 0 Å². The third-order valence-electron chi connectivity index (χ3n) is 4.20. The van der Waals surface area contributed by atoms with E-state index in [9.17, 15) is 28.4 Å². The molecule has 7 nitrogen and oxygen atoms in total. The Morgan fingerprint density at radius 1 is 1.37 bits per heavy atom. The van der Waals surface area contributed by atoms with Gasteiger partial charge in [0.15, 0.2) is 5.83 Å². The Bertz CT molecular complexity index is 686. The minimum absolute atomic E-state index is 0.0273. The highest BCUT2D eigenvalue weighted by atomic mass is 19.1. The van der Waals surface area contributed by atoms with Crippen molar-refractivity contribution >= 4 is 19.1 Å². The first-order valence-electron chi connectivity index (χ1n) is 8.47. The summed E-state index contributed by atoms with van der Waals surface area (Å²) < 4.78 is 31.1. The van der Waals surface area contributed by atoms with E-state index < -0.39 is 42.8 Å². The van der Waals surface area contributed by atoms with Gasteiger partial charge in [0, 0.05) is 6.54 Å². The van der Waals surface area contributed by atoms with Crippen LogP contribution >= 0.6 is 0 Å². The van der Waals surface area contributed by atoms with Crippen molar-refractivity contribution in [2.75, 3.05) is 13.1 Å². The average molecular weight is 382 g/mol. The number of hydrogen-bond donors (Lipinski definition) is 3. The normalized spacial score (nSPS) is 17.8. The molecule has 0 bridgehead atoms. The van der Waals surface area contributed by atoms with Gasteiger partial charge in [-0.2, -0.15) is 0 Å². The van der Waals surface area contributed by atoms with Crippen molar-refractivity contribution in [3.05, 3.63) is 48.1 Å². The molecule has 0 aliphatic carbocycles. The summed E-state index contributed by atoms with van der Waals surface area (Å²) in [7, 11) is -1.86. The van der Waals surface area contributed by atoms with Crippen LogP contribution in [0.4, 0.5) is 13.6 Å². The number of likely N-dealkylation sites (tertiary alicyclic amines) is 1. The minimum atomic E-state index is -1.86. The largest absolute Gasteiger partial charge is 0.475 e. The fourth-order valence-corrected chi connectivity index (χ4v) is 2.83. The molecular weight excluding hydrogens is 361 g/mol. The summed E-state index contributed by atoms with van der Waals surface area (Å²) in [6.45, 7) is 3.33. The van der Waals surface area contributed by atoms with Crippen LogP contribution in [0.1, 0.15) is 18.4 Å². The zero-order chi connectivity index (χ0) is 20.0. The highest BCUT2D eigenvalue weighted by molar-refractivity contribution is 6.43. The zero-order valence-electron chi connectivity index (χ0n) is 14.6. The van der Waals surface area contributed by atoms with E-state index in [-0.39, 0.29) is 13.0 Å². The fraction of sp³-hybridized carbons (Fsp3) is 0.412. The van der Waals surface area contributed by atoms with Crippen LogP contribution in [0.15, 0.2) is 36.7 Å². The van der Waals surface area contributed by atoms with Crippen molar-refractivity contribution in [2.45, 2.75) is 31.3 Å². The number of carbonyl (C=O) groups is 2. The summed E-state index contributed by atoms with van der Waals surface area (Å²) in [4.78, 5) is 24.9. The minimum Gasteiger partial charge on any atom is -0.444 e. The van der Waals surface area contributed by atoms with Gasteiger partial charge < -0.3 is 25.0 Å². The van der Waals surface area contributed by atoms with Crippen molar-refractivity contribution in [2.24, 2.45) is 0 Å². The molecule has 2 atom stereocenters. The second-order valence-electron chi connectivity index (χ2n) is 6.32. The third-order valence-corrected chi connectivity index (χ3v) is 4.20. The van der Waals surface area contributed by atoms with E-state index in [1.807, 2.05) is 0 Å². The number of ether oxygens (including phenoxy) is 1. The number of amides is 2. The molecule has 1 saturated heterocycles. The van der Waals surface area contributed by atoms with Crippen LogP contribution in [0.25, 0.3) is 0 Å². The van der Waals surface area contributed by atoms with Crippen LogP contribution in [0.2, 0.25) is 0 Å². The van der Waals surface area contributed by atoms with E-state index >= 15 is 0 Å². The number of rotatable bonds is 6. The summed E-state index contributed by atoms with van der Waals surface area (Å²) in [5.74, 6) is -3.43. The van der Waals surface area contributed by atoms with Gasteiger partial charge in [0.25, 0.3) is 5.91 Å². The zero-order valence-corrected chi connectivity index (χ0v) is 14.6. The van der Waals surface area contributed by atoms with E-state index in [2.05, 4.69) is 11.9 Å². The Morgan fingerprint density at radius 3 is 2.63 bits per heavy atom. The Kier molecular flexibility index (Phi) is 7.32. The first-order valence-corrected chi connectivity index (χ1v) is 8.47. The number of halogens is 2. The van der Waals surface area contributed by atoms with Gasteiger partial charge in [-0.3, -0.25) is 4.79 Å². The molecule has 0 saturated carbocycles. The van der Waals surface area contributed by atoms with Crippen molar-refractivity contribution in [3.63, 3.8) is 0 Å². The lowest BCUT2D eigenvalue weighted by atomic mass is 9.76. The molecule has 0 spiro atoms. The topological polar surface area (TPSA) is 99.1 Å². The Morgan fingerprint density at radius 2 is 2.04 bits per heavy atom. The van der Waals surface area contributed by atoms with Crippen LogP contribution in [-0.2, 0) is 16.0 Å². The quantitative estimate of drug-likeness (QED) is 0.503. The van der Waals surface area contributed by atoms with Gasteiger partial charge in [0.1, 0.15) is 11.9 Å². The molecule has 146 valence electrons. The highest BCUT2D eigenvalue weighted by Gasteiger charge is 2.30. The second-order valence-corrected chi connectivity index (χ2v) is 6.32. The molecule has 1 heterocycles. The number of nitrogens with zero attached hydrogens (tertiary/aromatic N) is 1. The highest BCUT2D eigenvalue weighted by Crippen LogP contribution is 2.16. The molecule has 0 aromatic heterocycles. The molecule has 2 rings (SSSR count). The van der Waals surface area contributed by atoms with Gasteiger partial charge in [-0.05, 0) is 37.0 Å². The molecule has 1 aromatic rings. The first kappa shape index (κ1) is 20.9. The maximum Gasteiger partial charge on any atom is 0.475 e. The van der Waals surface area contributed by atoms with E-state index in [0.717, 1.165) is 0 Å². The molecule has 27 heavy (non-hydrogen) atoms. The summed E-state index contributed by atoms with van der Waals surface area (Å²) in [5.41, 5.74) is 0.589. The van der Waals surface area contributed by atoms with Crippen LogP contribution in [0.5, 0.6) is 0 Å². The predicted molar refractivity (Wildman–Crippen MR) is 93.6 cm³/mol. The van der Waals surface area contributed by atoms with E-state index in [1.165, 1.54) is 29.2 Å². The molecule has 0 radical (unpaired) electrons. The lowest BCUT2D eigenvalue weighted by molar-refractivity contribution is -0.131. The number of piperidine rings is 1. The van der Waals surface area contributed by atoms with Crippen LogP contribution < -0.4 is 5.32 Å². The summed E-state index contributed by atoms with van der Waals surface area (Å²) >= 11 is 0. The van der Waals surface area contributed by atoms with Crippen molar-refractivity contribution < 1.29 is 33.2 Å². The molecule has 10 heteroatoms. The van der Waals surface area contributed by atoms with Crippen LogP contribution in [-0.4, -0.2) is 59.2 Å². The number of nitrogens with one attached hydrogen (secondary N) is 1. The molecule has 1 aromatic carbocycles. The standard InChI is InChI=1S/C17H21BF2N2O5/c1-11(19)16(23)22-8-2-3-14(10-22)27-17(24)21-15(18(25)26)9-12-4-6-13(20)7-5-12/h4-7,14-15,25-26H,1-3,8-10H2,(H,21,24)/t14?,15-/m0/s1. The van der Waals surface area contributed by atoms with E-state index in [1.54, 1.807) is 0 Å². The summed E-state index contributed by atoms with van der Waals surface area (Å²) in [6, 6.07) is 5.38. The Balaban J connectivity index is 1.90. The number of alkyl carbamates (subject to hydrolysis) is 1. The smallest absolute Gasteiger partial charge is 0.444 e. The van der Waals surface area contributed by atoms with Crippen molar-refractivity contribution in [1.82, 2.24) is 10.2 Å². The average Bonchev–Trinajstić information content (AvgIpc) is 2.62. The van der Waals surface area contributed by atoms with Gasteiger partial charge in [0.2, 0.25) is 0 Å². The van der Waals surface area contributed by atoms with Crippen molar-refractivity contribution in [1.29, 1.82) is 0 Å². The van der Waals surface area contributed by atoms with Crippen molar-refractivity contribution in [3.8, 4) is 0 Å². The number of hydrogen-bond acceptors (Lipinski definition) is 5. The van der Waals surface area contributed by atoms with Gasteiger partial charge in [0.05, 0.1) is 12.5 Å². The molecule has 1 fully saturated rings. The lowest BCUT2D eigenvalue weighted by Gasteiger charge is -2.32. The molecule has 1 aliphatic rings. The lowest BCUT2D eigenvalue weighted by Crippen LogP contribution is -2.50. The fourth-order valence-electron chi connectivity index (χ4n) is 2.83. The molecule has 2 amide bonds. The first-order chi connectivity index (χ1) is 12.8. The van der Waals surface area contributed by atoms with Crippen LogP contribution in [0, 0.1) is 5.82 Å². The van der Waals surface area contributed by atoms with E-state index in [0.29, 0.717) is 24.9 Å². The molecule has 1 aliphatic heterocycles. The van der Waals surface area contributed by atoms with Crippen LogP contribution in [0.3, 0.4) is 0 Å². The number of carbonyl (C=O) groups excluding carboxylic acids is 2. The SMILES string of the molecule is C=C(F)C(=O)N1CCCC(OC(=O)N[C@@H](Cc2ccc(F)cc2)B(O)O)C1. The Hall–Kier alpha value is -2.46. The predicted octanol–water partition coefficient (Wildman–Crippen LogP) is 0.949. The molecule has 3 N–H and O–H groups in total. The summed E-state index contributed by atoms with van der Waals surface area (Å²) in [6.07, 6.45) is -0.485. The van der Waals surface area contributed by atoms with E-state index in [4.69, 9.17) is 4.74 Å². The Labute approximate surface area is 155 Å². The maximum atomic E-state index is 13.0. The van der Waals surface area contributed by atoms with Gasteiger partial charge in [-0.1, -0.05) is 18.7 Å². The van der Waals surface area contributed by atoms with Gasteiger partial charge in [-0.25, -0.2) is 13.6 Å². The molecule has 1 unspecified atom stereocenters. The molecular formula is C17H21BF2N2O5. The number of benzene rings is 1. The van der Waals surface area contributed by atoms with Gasteiger partial charge >= 0.3 is 13.2 Å². The third kappa shape index (κ3) is 6.33. The second kappa shape index (κ2) is 9.47.